The Morgan fingerprint density at radius 2 is 1.87 bits per heavy atom. The van der Waals surface area contributed by atoms with E-state index >= 15 is 0 Å². The number of nitrogens with one attached hydrogen (secondary N) is 1. The maximum atomic E-state index is 12.1. The first-order valence-corrected chi connectivity index (χ1v) is 10.1. The van der Waals surface area contributed by atoms with E-state index in [1.807, 2.05) is 0 Å². The van der Waals surface area contributed by atoms with Gasteiger partial charge in [-0.2, -0.15) is 12.7 Å². The van der Waals surface area contributed by atoms with Crippen LogP contribution < -0.4 is 10.5 Å². The van der Waals surface area contributed by atoms with Gasteiger partial charge < -0.3 is 10.1 Å². The van der Waals surface area contributed by atoms with Gasteiger partial charge in [0, 0.05) is 25.6 Å². The molecular weight excluding hydrogens is 318 g/mol. The van der Waals surface area contributed by atoms with Gasteiger partial charge in [0.15, 0.2) is 0 Å². The van der Waals surface area contributed by atoms with E-state index in [0.29, 0.717) is 51.1 Å². The van der Waals surface area contributed by atoms with Crippen LogP contribution in [0.3, 0.4) is 0 Å². The van der Waals surface area contributed by atoms with E-state index in [4.69, 9.17) is 9.88 Å². The smallest absolute Gasteiger partial charge is 0.276 e. The number of carbonyl (C=O) groups excluding carboxylic acids is 1. The molecule has 1 saturated heterocycles. The van der Waals surface area contributed by atoms with Crippen LogP contribution in [-0.4, -0.2) is 51.0 Å². The maximum Gasteiger partial charge on any atom is 0.276 e. The zero-order valence-corrected chi connectivity index (χ0v) is 14.7. The maximum absolute atomic E-state index is 12.1. The van der Waals surface area contributed by atoms with Gasteiger partial charge in [-0.25, -0.2) is 5.14 Å². The van der Waals surface area contributed by atoms with E-state index in [2.05, 4.69) is 12.2 Å². The van der Waals surface area contributed by atoms with Crippen molar-refractivity contribution < 1.29 is 17.9 Å². The van der Waals surface area contributed by atoms with E-state index in [1.165, 1.54) is 23.6 Å². The van der Waals surface area contributed by atoms with Gasteiger partial charge in [-0.15, -0.1) is 0 Å². The summed E-state index contributed by atoms with van der Waals surface area (Å²) in [6.45, 7) is 3.90. The molecule has 0 aromatic heterocycles. The Balaban J connectivity index is 1.62. The highest BCUT2D eigenvalue weighted by Crippen LogP contribution is 2.26. The lowest BCUT2D eigenvalue weighted by molar-refractivity contribution is -0.126. The summed E-state index contributed by atoms with van der Waals surface area (Å²) in [5.74, 6) is 0.447. The molecule has 0 aromatic carbocycles. The first kappa shape index (κ1) is 18.6. The highest BCUT2D eigenvalue weighted by molar-refractivity contribution is 7.86. The average Bonchev–Trinajstić information content (AvgIpc) is 2.52. The fourth-order valence-corrected chi connectivity index (χ4v) is 4.15. The fraction of sp³-hybridized carbons (Fsp3) is 0.933. The molecule has 2 aliphatic rings. The second-order valence-corrected chi connectivity index (χ2v) is 8.23. The second kappa shape index (κ2) is 8.41. The van der Waals surface area contributed by atoms with Crippen LogP contribution in [0.5, 0.6) is 0 Å². The van der Waals surface area contributed by atoms with Gasteiger partial charge >= 0.3 is 0 Å². The Bertz CT molecular complexity index is 489. The van der Waals surface area contributed by atoms with E-state index in [-0.39, 0.29) is 11.8 Å². The van der Waals surface area contributed by atoms with Crippen LogP contribution in [0.2, 0.25) is 0 Å². The molecule has 1 saturated carbocycles. The summed E-state index contributed by atoms with van der Waals surface area (Å²) in [7, 11) is -3.63. The van der Waals surface area contributed by atoms with Crippen LogP contribution >= 0.6 is 0 Å². The van der Waals surface area contributed by atoms with Crippen molar-refractivity contribution in [2.24, 2.45) is 17.0 Å². The summed E-state index contributed by atoms with van der Waals surface area (Å²) in [6, 6.07) is 0. The second-order valence-electron chi connectivity index (χ2n) is 6.68. The lowest BCUT2D eigenvalue weighted by atomic mass is 9.88. The molecule has 1 aliphatic heterocycles. The SMILES string of the molecule is CC1CCCCC1OCCNC(=O)C1CCN(S(N)(=O)=O)CC1. The molecule has 1 amide bonds. The van der Waals surface area contributed by atoms with Gasteiger partial charge in [-0.3, -0.25) is 4.79 Å². The molecule has 0 radical (unpaired) electrons. The van der Waals surface area contributed by atoms with Crippen molar-refractivity contribution in [3.8, 4) is 0 Å². The molecule has 7 nitrogen and oxygen atoms in total. The van der Waals surface area contributed by atoms with Crippen molar-refractivity contribution in [2.45, 2.75) is 51.6 Å². The van der Waals surface area contributed by atoms with Crippen LogP contribution in [0.4, 0.5) is 0 Å². The van der Waals surface area contributed by atoms with Gasteiger partial charge in [-0.1, -0.05) is 19.8 Å². The minimum atomic E-state index is -3.63. The molecule has 8 heteroatoms. The summed E-state index contributed by atoms with van der Waals surface area (Å²) < 4.78 is 29.6. The molecule has 23 heavy (non-hydrogen) atoms. The molecular formula is C15H29N3O4S. The van der Waals surface area contributed by atoms with Crippen molar-refractivity contribution in [1.29, 1.82) is 0 Å². The highest BCUT2D eigenvalue weighted by Gasteiger charge is 2.29. The zero-order chi connectivity index (χ0) is 16.9. The number of rotatable bonds is 6. The van der Waals surface area contributed by atoms with E-state index in [0.717, 1.165) is 6.42 Å². The molecule has 2 unspecified atom stereocenters. The molecule has 2 atom stereocenters. The fourth-order valence-electron chi connectivity index (χ4n) is 3.43. The minimum Gasteiger partial charge on any atom is -0.376 e. The number of amides is 1. The number of hydrogen-bond acceptors (Lipinski definition) is 4. The molecule has 0 aromatic rings. The lowest BCUT2D eigenvalue weighted by Gasteiger charge is -2.30. The third kappa shape index (κ3) is 5.70. The third-order valence-electron chi connectivity index (χ3n) is 4.95. The van der Waals surface area contributed by atoms with Crippen molar-refractivity contribution in [3.05, 3.63) is 0 Å². The predicted molar refractivity (Wildman–Crippen MR) is 87.8 cm³/mol. The largest absolute Gasteiger partial charge is 0.376 e. The van der Waals surface area contributed by atoms with Crippen LogP contribution in [-0.2, 0) is 19.7 Å². The van der Waals surface area contributed by atoms with E-state index in [1.54, 1.807) is 0 Å². The molecule has 1 heterocycles. The van der Waals surface area contributed by atoms with Gasteiger partial charge in [0.2, 0.25) is 5.91 Å². The van der Waals surface area contributed by atoms with Gasteiger partial charge in [0.25, 0.3) is 10.2 Å². The van der Waals surface area contributed by atoms with Gasteiger partial charge in [0.05, 0.1) is 12.7 Å². The average molecular weight is 347 g/mol. The van der Waals surface area contributed by atoms with Gasteiger partial charge in [0.1, 0.15) is 0 Å². The van der Waals surface area contributed by atoms with Crippen LogP contribution in [0.15, 0.2) is 0 Å². The number of piperidine rings is 1. The Morgan fingerprint density at radius 3 is 2.48 bits per heavy atom. The lowest BCUT2D eigenvalue weighted by Crippen LogP contribution is -2.45. The molecule has 3 N–H and O–H groups in total. The molecule has 2 rings (SSSR count). The highest BCUT2D eigenvalue weighted by atomic mass is 32.2. The van der Waals surface area contributed by atoms with Crippen LogP contribution in [0.1, 0.15) is 45.4 Å². The van der Waals surface area contributed by atoms with Crippen LogP contribution in [0, 0.1) is 11.8 Å². The quantitative estimate of drug-likeness (QED) is 0.687. The Hall–Kier alpha value is -0.700. The van der Waals surface area contributed by atoms with Crippen LogP contribution in [0.25, 0.3) is 0 Å². The molecule has 2 fully saturated rings. The molecule has 0 bridgehead atoms. The first-order valence-electron chi connectivity index (χ1n) is 8.55. The number of ether oxygens (including phenoxy) is 1. The summed E-state index contributed by atoms with van der Waals surface area (Å²) in [5, 5.41) is 7.99. The number of hydrogen-bond donors (Lipinski definition) is 2. The number of nitrogens with two attached hydrogens (primary N) is 1. The summed E-state index contributed by atoms with van der Waals surface area (Å²) in [4.78, 5) is 12.1. The van der Waals surface area contributed by atoms with Crippen molar-refractivity contribution in [1.82, 2.24) is 9.62 Å². The Labute approximate surface area is 139 Å². The van der Waals surface area contributed by atoms with E-state index in [9.17, 15) is 13.2 Å². The molecule has 134 valence electrons. The molecule has 1 aliphatic carbocycles. The third-order valence-corrected chi connectivity index (χ3v) is 6.04. The first-order chi connectivity index (χ1) is 10.9. The molecule has 0 spiro atoms. The van der Waals surface area contributed by atoms with Crippen molar-refractivity contribution >= 4 is 16.1 Å². The van der Waals surface area contributed by atoms with Crippen molar-refractivity contribution in [2.75, 3.05) is 26.2 Å². The number of nitrogens with zero attached hydrogens (tertiary/aromatic N) is 1. The normalized spacial score (nSPS) is 27.7. The standard InChI is InChI=1S/C15H29N3O4S/c1-12-4-2-3-5-14(12)22-11-8-17-15(19)13-6-9-18(10-7-13)23(16,20)21/h12-14H,2-11H2,1H3,(H,17,19)(H2,16,20,21). The topological polar surface area (TPSA) is 102 Å². The summed E-state index contributed by atoms with van der Waals surface area (Å²) >= 11 is 0. The Morgan fingerprint density at radius 1 is 1.22 bits per heavy atom. The summed E-state index contributed by atoms with van der Waals surface area (Å²) in [6.07, 6.45) is 6.20. The van der Waals surface area contributed by atoms with Crippen molar-refractivity contribution in [3.63, 3.8) is 0 Å². The summed E-state index contributed by atoms with van der Waals surface area (Å²) in [5.41, 5.74) is 0. The Kier molecular flexibility index (Phi) is 6.82. The predicted octanol–water partition coefficient (Wildman–Crippen LogP) is 0.613. The number of carbonyl (C=O) groups is 1. The van der Waals surface area contributed by atoms with E-state index < -0.39 is 10.2 Å². The monoisotopic (exact) mass is 347 g/mol. The van der Waals surface area contributed by atoms with Gasteiger partial charge in [-0.05, 0) is 31.6 Å². The minimum absolute atomic E-state index is 0.0145. The zero-order valence-electron chi connectivity index (χ0n) is 13.9.